The Labute approximate surface area is 95.8 Å². The van der Waals surface area contributed by atoms with Crippen LogP contribution in [0.5, 0.6) is 0 Å². The van der Waals surface area contributed by atoms with Crippen molar-refractivity contribution in [2.45, 2.75) is 0 Å². The van der Waals surface area contributed by atoms with E-state index in [-0.39, 0.29) is 16.1 Å². The number of methoxy groups -OCH3 is 1. The maximum absolute atomic E-state index is 13.6. The Morgan fingerprint density at radius 1 is 1.50 bits per heavy atom. The van der Waals surface area contributed by atoms with E-state index in [0.717, 1.165) is 0 Å². The quantitative estimate of drug-likeness (QED) is 0.567. The summed E-state index contributed by atoms with van der Waals surface area (Å²) in [7, 11) is 1.21. The summed E-state index contributed by atoms with van der Waals surface area (Å²) in [5, 5.41) is 0.573. The molecule has 0 aliphatic heterocycles. The summed E-state index contributed by atoms with van der Waals surface area (Å²) in [5.74, 6) is -1.23. The van der Waals surface area contributed by atoms with Gasteiger partial charge in [-0.1, -0.05) is 23.7 Å². The van der Waals surface area contributed by atoms with E-state index < -0.39 is 11.8 Å². The molecule has 2 aromatic rings. The van der Waals surface area contributed by atoms with Crippen LogP contribution in [0, 0.1) is 5.82 Å². The summed E-state index contributed by atoms with van der Waals surface area (Å²) < 4.78 is 18.2. The third-order valence-electron chi connectivity index (χ3n) is 2.21. The zero-order chi connectivity index (χ0) is 11.7. The van der Waals surface area contributed by atoms with Gasteiger partial charge in [0, 0.05) is 17.0 Å². The zero-order valence-electron chi connectivity index (χ0n) is 8.33. The fourth-order valence-corrected chi connectivity index (χ4v) is 1.71. The van der Waals surface area contributed by atoms with E-state index in [0.29, 0.717) is 5.39 Å². The van der Waals surface area contributed by atoms with E-state index in [1.807, 2.05) is 0 Å². The van der Waals surface area contributed by atoms with Gasteiger partial charge in [0.05, 0.1) is 7.11 Å². The Balaban J connectivity index is 2.88. The Hall–Kier alpha value is -1.68. The fraction of sp³-hybridized carbons (Fsp3) is 0.0909. The summed E-state index contributed by atoms with van der Waals surface area (Å²) in [6.45, 7) is 0. The lowest BCUT2D eigenvalue weighted by molar-refractivity contribution is 0.0602. The molecule has 1 aromatic carbocycles. The Kier molecular flexibility index (Phi) is 2.75. The molecule has 16 heavy (non-hydrogen) atoms. The normalized spacial score (nSPS) is 10.4. The number of nitrogens with zero attached hydrogens (tertiary/aromatic N) is 1. The van der Waals surface area contributed by atoms with Crippen LogP contribution < -0.4 is 0 Å². The highest BCUT2D eigenvalue weighted by molar-refractivity contribution is 6.34. The summed E-state index contributed by atoms with van der Waals surface area (Å²) in [5.41, 5.74) is -0.0419. The Bertz CT molecular complexity index is 571. The first kappa shape index (κ1) is 10.8. The second kappa shape index (κ2) is 4.06. The molecule has 0 aliphatic rings. The van der Waals surface area contributed by atoms with E-state index in [1.54, 1.807) is 6.07 Å². The Morgan fingerprint density at radius 3 is 2.94 bits per heavy atom. The van der Waals surface area contributed by atoms with Gasteiger partial charge in [0.15, 0.2) is 0 Å². The number of esters is 1. The molecular formula is C11H7ClFNO2. The smallest absolute Gasteiger partial charge is 0.341 e. The molecule has 0 bridgehead atoms. The predicted molar refractivity (Wildman–Crippen MR) is 58.1 cm³/mol. The van der Waals surface area contributed by atoms with Gasteiger partial charge in [-0.25, -0.2) is 14.2 Å². The molecular weight excluding hydrogens is 233 g/mol. The molecule has 0 N–H and O–H groups in total. The molecule has 1 aromatic heterocycles. The van der Waals surface area contributed by atoms with E-state index in [9.17, 15) is 9.18 Å². The number of aromatic nitrogens is 1. The highest BCUT2D eigenvalue weighted by atomic mass is 35.5. The minimum atomic E-state index is -0.701. The molecule has 82 valence electrons. The van der Waals surface area contributed by atoms with Gasteiger partial charge in [-0.2, -0.15) is 0 Å². The van der Waals surface area contributed by atoms with Gasteiger partial charge in [0.1, 0.15) is 16.5 Å². The summed E-state index contributed by atoms with van der Waals surface area (Å²) in [4.78, 5) is 15.3. The van der Waals surface area contributed by atoms with Crippen molar-refractivity contribution >= 4 is 28.3 Å². The fourth-order valence-electron chi connectivity index (χ4n) is 1.49. The molecule has 0 amide bonds. The second-order valence-electron chi connectivity index (χ2n) is 3.12. The van der Waals surface area contributed by atoms with Gasteiger partial charge in [-0.3, -0.25) is 0 Å². The van der Waals surface area contributed by atoms with Crippen molar-refractivity contribution in [3.8, 4) is 0 Å². The third-order valence-corrected chi connectivity index (χ3v) is 2.50. The molecule has 0 saturated heterocycles. The van der Waals surface area contributed by atoms with Crippen molar-refractivity contribution in [2.24, 2.45) is 0 Å². The van der Waals surface area contributed by atoms with Gasteiger partial charge < -0.3 is 4.74 Å². The number of carbonyl (C=O) groups is 1. The van der Waals surface area contributed by atoms with Gasteiger partial charge in [0.2, 0.25) is 0 Å². The van der Waals surface area contributed by atoms with Crippen molar-refractivity contribution in [1.29, 1.82) is 0 Å². The minimum Gasteiger partial charge on any atom is -0.465 e. The standard InChI is InChI=1S/C11H7ClFNO2/c1-16-11(15)9-8-6(5-14-10(9)12)3-2-4-7(8)13/h2-5H,1H3. The van der Waals surface area contributed by atoms with E-state index >= 15 is 0 Å². The third kappa shape index (κ3) is 1.61. The molecule has 1 heterocycles. The monoisotopic (exact) mass is 239 g/mol. The predicted octanol–water partition coefficient (Wildman–Crippen LogP) is 2.81. The van der Waals surface area contributed by atoms with Crippen LogP contribution in [0.2, 0.25) is 5.15 Å². The van der Waals surface area contributed by atoms with E-state index in [4.69, 9.17) is 11.6 Å². The number of hydrogen-bond acceptors (Lipinski definition) is 3. The van der Waals surface area contributed by atoms with Crippen molar-refractivity contribution in [1.82, 2.24) is 4.98 Å². The van der Waals surface area contributed by atoms with Crippen LogP contribution in [-0.4, -0.2) is 18.1 Å². The van der Waals surface area contributed by atoms with Crippen LogP contribution in [0.15, 0.2) is 24.4 Å². The summed E-state index contributed by atoms with van der Waals surface area (Å²) in [6.07, 6.45) is 1.41. The number of hydrogen-bond donors (Lipinski definition) is 0. The molecule has 3 nitrogen and oxygen atoms in total. The molecule has 0 spiro atoms. The molecule has 5 heteroatoms. The van der Waals surface area contributed by atoms with Crippen LogP contribution in [0.3, 0.4) is 0 Å². The zero-order valence-corrected chi connectivity index (χ0v) is 9.08. The van der Waals surface area contributed by atoms with Crippen LogP contribution in [0.1, 0.15) is 10.4 Å². The van der Waals surface area contributed by atoms with Crippen molar-refractivity contribution in [3.63, 3.8) is 0 Å². The molecule has 0 radical (unpaired) electrons. The first-order valence-electron chi connectivity index (χ1n) is 4.46. The topological polar surface area (TPSA) is 39.2 Å². The number of carbonyl (C=O) groups excluding carboxylic acids is 1. The lowest BCUT2D eigenvalue weighted by atomic mass is 10.1. The van der Waals surface area contributed by atoms with Crippen molar-refractivity contribution < 1.29 is 13.9 Å². The number of fused-ring (bicyclic) bond motifs is 1. The molecule has 0 aliphatic carbocycles. The van der Waals surface area contributed by atoms with Crippen LogP contribution in [0.4, 0.5) is 4.39 Å². The van der Waals surface area contributed by atoms with Gasteiger partial charge in [-0.05, 0) is 6.07 Å². The maximum Gasteiger partial charge on any atom is 0.341 e. The van der Waals surface area contributed by atoms with Gasteiger partial charge in [0.25, 0.3) is 0 Å². The first-order chi connectivity index (χ1) is 7.65. The molecule has 0 fully saturated rings. The molecule has 0 saturated carbocycles. The second-order valence-corrected chi connectivity index (χ2v) is 3.48. The lowest BCUT2D eigenvalue weighted by Crippen LogP contribution is -2.05. The largest absolute Gasteiger partial charge is 0.465 e. The average molecular weight is 240 g/mol. The van der Waals surface area contributed by atoms with E-state index in [2.05, 4.69) is 9.72 Å². The lowest BCUT2D eigenvalue weighted by Gasteiger charge is -2.06. The Morgan fingerprint density at radius 2 is 2.25 bits per heavy atom. The molecule has 0 atom stereocenters. The average Bonchev–Trinajstić information content (AvgIpc) is 2.29. The van der Waals surface area contributed by atoms with Gasteiger partial charge >= 0.3 is 5.97 Å². The number of rotatable bonds is 1. The summed E-state index contributed by atoms with van der Waals surface area (Å²) >= 11 is 5.77. The number of halogens is 2. The maximum atomic E-state index is 13.6. The highest BCUT2D eigenvalue weighted by Crippen LogP contribution is 2.26. The molecule has 0 unspecified atom stereocenters. The van der Waals surface area contributed by atoms with Crippen LogP contribution >= 0.6 is 11.6 Å². The van der Waals surface area contributed by atoms with Crippen LogP contribution in [-0.2, 0) is 4.74 Å². The molecule has 2 rings (SSSR count). The number of benzene rings is 1. The van der Waals surface area contributed by atoms with Gasteiger partial charge in [-0.15, -0.1) is 0 Å². The minimum absolute atomic E-state index is 0.0419. The SMILES string of the molecule is COC(=O)c1c(Cl)ncc2cccc(F)c12. The highest BCUT2D eigenvalue weighted by Gasteiger charge is 2.18. The number of pyridine rings is 1. The van der Waals surface area contributed by atoms with Crippen molar-refractivity contribution in [2.75, 3.05) is 7.11 Å². The van der Waals surface area contributed by atoms with E-state index in [1.165, 1.54) is 25.4 Å². The van der Waals surface area contributed by atoms with Crippen LogP contribution in [0.25, 0.3) is 10.8 Å². The summed E-state index contributed by atoms with van der Waals surface area (Å²) in [6, 6.07) is 4.44. The van der Waals surface area contributed by atoms with Crippen molar-refractivity contribution in [3.05, 3.63) is 40.9 Å². The number of ether oxygens (including phenoxy) is 1. The first-order valence-corrected chi connectivity index (χ1v) is 4.84.